The van der Waals surface area contributed by atoms with Gasteiger partial charge in [-0.25, -0.2) is 0 Å². The van der Waals surface area contributed by atoms with E-state index in [0.29, 0.717) is 29.4 Å². The summed E-state index contributed by atoms with van der Waals surface area (Å²) in [6.07, 6.45) is 2.86. The molecule has 17 heavy (non-hydrogen) atoms. The molecule has 1 rings (SSSR count). The molecule has 0 aliphatic rings. The van der Waals surface area contributed by atoms with Gasteiger partial charge in [-0.3, -0.25) is 0 Å². The van der Waals surface area contributed by atoms with Gasteiger partial charge >= 0.3 is 0 Å². The predicted molar refractivity (Wildman–Crippen MR) is 64.6 cm³/mol. The van der Waals surface area contributed by atoms with Gasteiger partial charge in [0.05, 0.1) is 26.0 Å². The van der Waals surface area contributed by atoms with Crippen LogP contribution in [0.4, 0.5) is 0 Å². The van der Waals surface area contributed by atoms with Gasteiger partial charge in [0.1, 0.15) is 23.9 Å². The summed E-state index contributed by atoms with van der Waals surface area (Å²) < 4.78 is 15.7. The number of ether oxygens (including phenoxy) is 3. The molecule has 0 saturated carbocycles. The topological polar surface area (TPSA) is 60.3 Å². The smallest absolute Gasteiger partial charge is 0.136 e. The Kier molecular flexibility index (Phi) is 4.87. The van der Waals surface area contributed by atoms with Gasteiger partial charge in [-0.15, -0.1) is 0 Å². The lowest BCUT2D eigenvalue weighted by Gasteiger charge is -2.12. The van der Waals surface area contributed by atoms with Gasteiger partial charge in [-0.05, 0) is 0 Å². The van der Waals surface area contributed by atoms with Crippen LogP contribution in [0, 0.1) is 0 Å². The van der Waals surface area contributed by atoms with E-state index in [0.717, 1.165) is 0 Å². The minimum atomic E-state index is 0.336. The Balaban J connectivity index is 3.24. The minimum absolute atomic E-state index is 0.336. The average molecular weight is 237 g/mol. The first-order valence-electron chi connectivity index (χ1n) is 4.94. The second kappa shape index (κ2) is 6.42. The van der Waals surface area contributed by atoms with Crippen molar-refractivity contribution < 1.29 is 19.4 Å². The molecule has 0 spiro atoms. The van der Waals surface area contributed by atoms with Crippen molar-refractivity contribution >= 4 is 6.21 Å². The third-order valence-corrected chi connectivity index (χ3v) is 2.08. The zero-order chi connectivity index (χ0) is 12.7. The second-order valence-electron chi connectivity index (χ2n) is 3.09. The third kappa shape index (κ3) is 3.14. The van der Waals surface area contributed by atoms with Crippen LogP contribution in [0.15, 0.2) is 29.9 Å². The molecule has 0 aliphatic heterocycles. The van der Waals surface area contributed by atoms with E-state index in [1.165, 1.54) is 13.3 Å². The van der Waals surface area contributed by atoms with Crippen LogP contribution in [0.5, 0.6) is 17.2 Å². The Hall–Kier alpha value is -2.17. The summed E-state index contributed by atoms with van der Waals surface area (Å²) in [6.45, 7) is 3.90. The number of rotatable bonds is 6. The Morgan fingerprint density at radius 3 is 2.53 bits per heavy atom. The zero-order valence-corrected chi connectivity index (χ0v) is 9.84. The van der Waals surface area contributed by atoms with Crippen molar-refractivity contribution in [2.45, 2.75) is 0 Å². The molecule has 1 N–H and O–H groups in total. The molecule has 5 nitrogen and oxygen atoms in total. The average Bonchev–Trinajstić information content (AvgIpc) is 2.37. The van der Waals surface area contributed by atoms with Crippen LogP contribution in [0.1, 0.15) is 5.56 Å². The van der Waals surface area contributed by atoms with E-state index >= 15 is 0 Å². The molecular weight excluding hydrogens is 222 g/mol. The normalized spacial score (nSPS) is 10.2. The lowest BCUT2D eigenvalue weighted by Crippen LogP contribution is -2.01. The van der Waals surface area contributed by atoms with Gasteiger partial charge in [0.2, 0.25) is 0 Å². The fourth-order valence-corrected chi connectivity index (χ4v) is 1.32. The van der Waals surface area contributed by atoms with E-state index in [2.05, 4.69) is 11.7 Å². The number of methoxy groups -OCH3 is 2. The van der Waals surface area contributed by atoms with E-state index < -0.39 is 0 Å². The monoisotopic (exact) mass is 237 g/mol. The molecule has 0 amide bonds. The summed E-state index contributed by atoms with van der Waals surface area (Å²) in [6, 6.07) is 3.36. The van der Waals surface area contributed by atoms with E-state index in [1.807, 2.05) is 0 Å². The largest absolute Gasteiger partial charge is 0.496 e. The molecule has 0 saturated heterocycles. The molecule has 1 aromatic rings. The van der Waals surface area contributed by atoms with Crippen molar-refractivity contribution in [3.05, 3.63) is 30.4 Å². The standard InChI is InChI=1S/C12H15NO4/c1-4-5-17-12-7-9(15-2)6-11(16-3)10(12)8-13-14/h4,6-8,14H,1,5H2,2-3H3/b13-8+. The number of oxime groups is 1. The van der Waals surface area contributed by atoms with Crippen molar-refractivity contribution in [3.63, 3.8) is 0 Å². The quantitative estimate of drug-likeness (QED) is 0.356. The molecule has 1 aromatic carbocycles. The van der Waals surface area contributed by atoms with Gasteiger partial charge < -0.3 is 19.4 Å². The highest BCUT2D eigenvalue weighted by Gasteiger charge is 2.12. The SMILES string of the molecule is C=CCOc1cc(OC)cc(OC)c1/C=N/O. The number of hydrogen-bond donors (Lipinski definition) is 1. The van der Waals surface area contributed by atoms with Gasteiger partial charge in [-0.1, -0.05) is 17.8 Å². The van der Waals surface area contributed by atoms with Crippen LogP contribution in [0.3, 0.4) is 0 Å². The molecule has 5 heteroatoms. The van der Waals surface area contributed by atoms with Crippen LogP contribution in [-0.4, -0.2) is 32.2 Å². The highest BCUT2D eigenvalue weighted by molar-refractivity contribution is 5.87. The maximum Gasteiger partial charge on any atom is 0.136 e. The Morgan fingerprint density at radius 2 is 2.00 bits per heavy atom. The fraction of sp³-hybridized carbons (Fsp3) is 0.250. The maximum absolute atomic E-state index is 8.62. The van der Waals surface area contributed by atoms with Crippen molar-refractivity contribution in [3.8, 4) is 17.2 Å². The third-order valence-electron chi connectivity index (χ3n) is 2.08. The molecule has 0 aliphatic carbocycles. The van der Waals surface area contributed by atoms with Crippen LogP contribution >= 0.6 is 0 Å². The van der Waals surface area contributed by atoms with E-state index in [-0.39, 0.29) is 0 Å². The maximum atomic E-state index is 8.62. The first-order chi connectivity index (χ1) is 8.26. The molecule has 0 radical (unpaired) electrons. The summed E-state index contributed by atoms with van der Waals surface area (Å²) in [5.41, 5.74) is 0.539. The van der Waals surface area contributed by atoms with Crippen molar-refractivity contribution in [1.82, 2.24) is 0 Å². The molecule has 0 bridgehead atoms. The van der Waals surface area contributed by atoms with Gasteiger partial charge in [0.25, 0.3) is 0 Å². The summed E-state index contributed by atoms with van der Waals surface area (Å²) in [5, 5.41) is 11.6. The number of benzene rings is 1. The van der Waals surface area contributed by atoms with Crippen molar-refractivity contribution in [2.24, 2.45) is 5.16 Å². The lowest BCUT2D eigenvalue weighted by atomic mass is 10.2. The minimum Gasteiger partial charge on any atom is -0.496 e. The molecular formula is C12H15NO4. The molecule has 0 fully saturated rings. The molecule has 92 valence electrons. The van der Waals surface area contributed by atoms with Gasteiger partial charge in [-0.2, -0.15) is 0 Å². The van der Waals surface area contributed by atoms with Gasteiger partial charge in [0, 0.05) is 12.1 Å². The van der Waals surface area contributed by atoms with Crippen molar-refractivity contribution in [1.29, 1.82) is 0 Å². The van der Waals surface area contributed by atoms with E-state index in [4.69, 9.17) is 19.4 Å². The summed E-state index contributed by atoms with van der Waals surface area (Å²) >= 11 is 0. The fourth-order valence-electron chi connectivity index (χ4n) is 1.32. The van der Waals surface area contributed by atoms with E-state index in [1.54, 1.807) is 25.3 Å². The first kappa shape index (κ1) is 12.9. The Morgan fingerprint density at radius 1 is 1.29 bits per heavy atom. The molecule has 0 unspecified atom stereocenters. The highest BCUT2D eigenvalue weighted by Crippen LogP contribution is 2.32. The Bertz CT molecular complexity index is 415. The number of hydrogen-bond acceptors (Lipinski definition) is 5. The predicted octanol–water partition coefficient (Wildman–Crippen LogP) is 2.08. The van der Waals surface area contributed by atoms with Crippen LogP contribution in [0.25, 0.3) is 0 Å². The van der Waals surface area contributed by atoms with Gasteiger partial charge in [0.15, 0.2) is 0 Å². The van der Waals surface area contributed by atoms with E-state index in [9.17, 15) is 0 Å². The van der Waals surface area contributed by atoms with Crippen LogP contribution in [0.2, 0.25) is 0 Å². The highest BCUT2D eigenvalue weighted by atomic mass is 16.5. The second-order valence-corrected chi connectivity index (χ2v) is 3.09. The summed E-state index contributed by atoms with van der Waals surface area (Å²) in [4.78, 5) is 0. The number of nitrogens with zero attached hydrogens (tertiary/aromatic N) is 1. The molecule has 0 aromatic heterocycles. The van der Waals surface area contributed by atoms with Crippen LogP contribution < -0.4 is 14.2 Å². The summed E-state index contributed by atoms with van der Waals surface area (Å²) in [7, 11) is 3.06. The first-order valence-corrected chi connectivity index (χ1v) is 4.94. The van der Waals surface area contributed by atoms with Crippen LogP contribution in [-0.2, 0) is 0 Å². The summed E-state index contributed by atoms with van der Waals surface area (Å²) in [5.74, 6) is 1.59. The molecule has 0 heterocycles. The van der Waals surface area contributed by atoms with Crippen molar-refractivity contribution in [2.75, 3.05) is 20.8 Å². The zero-order valence-electron chi connectivity index (χ0n) is 9.84. The lowest BCUT2D eigenvalue weighted by molar-refractivity contribution is 0.320. The molecule has 0 atom stereocenters. The Labute approximate surface area is 99.9 Å².